The molecule has 0 amide bonds. The van der Waals surface area contributed by atoms with E-state index in [2.05, 4.69) is 0 Å². The molecule has 0 aliphatic heterocycles. The number of rotatable bonds is 6. The van der Waals surface area contributed by atoms with Crippen LogP contribution in [0.25, 0.3) is 0 Å². The van der Waals surface area contributed by atoms with Gasteiger partial charge in [-0.2, -0.15) is 0 Å². The Morgan fingerprint density at radius 3 is 2.71 bits per heavy atom. The van der Waals surface area contributed by atoms with Gasteiger partial charge < -0.3 is 4.74 Å². The van der Waals surface area contributed by atoms with E-state index in [1.807, 2.05) is 55.5 Å². The minimum absolute atomic E-state index is 0.449. The van der Waals surface area contributed by atoms with Gasteiger partial charge in [-0.3, -0.25) is 4.79 Å². The molecule has 0 saturated heterocycles. The van der Waals surface area contributed by atoms with Crippen molar-refractivity contribution in [3.05, 3.63) is 66.3 Å². The van der Waals surface area contributed by atoms with Gasteiger partial charge in [0.25, 0.3) is 0 Å². The first-order valence-electron chi connectivity index (χ1n) is 5.49. The van der Waals surface area contributed by atoms with Crippen LogP contribution in [-0.2, 0) is 4.79 Å². The summed E-state index contributed by atoms with van der Waals surface area (Å²) in [6.07, 6.45) is 9.83. The predicted octanol–water partition coefficient (Wildman–Crippen LogP) is 3.32. The molecule has 0 radical (unpaired) electrons. The molecule has 0 heterocycles. The summed E-state index contributed by atoms with van der Waals surface area (Å²) in [4.78, 5) is 10.7. The summed E-state index contributed by atoms with van der Waals surface area (Å²) in [5, 5.41) is 0. The normalized spacial score (nSPS) is 12.2. The molecule has 0 spiro atoms. The molecule has 17 heavy (non-hydrogen) atoms. The third-order valence-corrected chi connectivity index (χ3v) is 2.02. The van der Waals surface area contributed by atoms with Crippen LogP contribution in [0.1, 0.15) is 6.92 Å². The maximum absolute atomic E-state index is 10.7. The van der Waals surface area contributed by atoms with E-state index in [0.29, 0.717) is 12.2 Å². The summed E-state index contributed by atoms with van der Waals surface area (Å²) >= 11 is 0. The fourth-order valence-corrected chi connectivity index (χ4v) is 1.19. The van der Waals surface area contributed by atoms with E-state index < -0.39 is 0 Å². The summed E-state index contributed by atoms with van der Waals surface area (Å²) in [5.41, 5.74) is 0.625. The van der Waals surface area contributed by atoms with E-state index in [1.165, 1.54) is 0 Å². The average molecular weight is 228 g/mol. The number of aldehydes is 1. The van der Waals surface area contributed by atoms with E-state index >= 15 is 0 Å². The number of hydrogen-bond acceptors (Lipinski definition) is 2. The van der Waals surface area contributed by atoms with Crippen molar-refractivity contribution in [3.8, 4) is 5.75 Å². The number of carbonyl (C=O) groups excluding carboxylic acids is 1. The molecule has 1 rings (SSSR count). The highest BCUT2D eigenvalue weighted by Crippen LogP contribution is 2.07. The summed E-state index contributed by atoms with van der Waals surface area (Å²) in [6, 6.07) is 9.56. The molecule has 0 bridgehead atoms. The van der Waals surface area contributed by atoms with Crippen LogP contribution in [0.15, 0.2) is 66.3 Å². The van der Waals surface area contributed by atoms with Gasteiger partial charge in [-0.1, -0.05) is 42.5 Å². The number of hydrogen-bond donors (Lipinski definition) is 0. The van der Waals surface area contributed by atoms with Crippen LogP contribution in [-0.4, -0.2) is 12.9 Å². The van der Waals surface area contributed by atoms with Crippen LogP contribution < -0.4 is 4.74 Å². The molecule has 0 saturated carbocycles. The lowest BCUT2D eigenvalue weighted by Crippen LogP contribution is -1.93. The molecule has 2 nitrogen and oxygen atoms in total. The SMILES string of the molecule is C\C=C/C=C(C=O)\C=C\COc1ccccc1. The van der Waals surface area contributed by atoms with Crippen molar-refractivity contribution in [1.82, 2.24) is 0 Å². The molecule has 0 aromatic heterocycles. The van der Waals surface area contributed by atoms with Crippen molar-refractivity contribution < 1.29 is 9.53 Å². The van der Waals surface area contributed by atoms with E-state index in [4.69, 9.17) is 4.74 Å². The highest BCUT2D eigenvalue weighted by atomic mass is 16.5. The molecule has 0 aliphatic rings. The maximum atomic E-state index is 10.7. The number of benzene rings is 1. The monoisotopic (exact) mass is 228 g/mol. The Hall–Kier alpha value is -2.09. The molecule has 88 valence electrons. The molecule has 1 aromatic rings. The van der Waals surface area contributed by atoms with Gasteiger partial charge in [0.15, 0.2) is 0 Å². The molecule has 1 aromatic carbocycles. The van der Waals surface area contributed by atoms with Gasteiger partial charge in [0.1, 0.15) is 18.6 Å². The summed E-state index contributed by atoms with van der Waals surface area (Å²) in [6.45, 7) is 2.35. The van der Waals surface area contributed by atoms with Crippen LogP contribution in [0.3, 0.4) is 0 Å². The second-order valence-corrected chi connectivity index (χ2v) is 3.34. The van der Waals surface area contributed by atoms with Crippen LogP contribution >= 0.6 is 0 Å². The lowest BCUT2D eigenvalue weighted by atomic mass is 10.2. The summed E-state index contributed by atoms with van der Waals surface area (Å²) < 4.78 is 5.46. The Morgan fingerprint density at radius 2 is 2.06 bits per heavy atom. The fourth-order valence-electron chi connectivity index (χ4n) is 1.19. The van der Waals surface area contributed by atoms with Gasteiger partial charge in [-0.15, -0.1) is 0 Å². The summed E-state index contributed by atoms with van der Waals surface area (Å²) in [7, 11) is 0. The highest BCUT2D eigenvalue weighted by Gasteiger charge is 1.89. The van der Waals surface area contributed by atoms with Crippen molar-refractivity contribution in [3.63, 3.8) is 0 Å². The van der Waals surface area contributed by atoms with E-state index in [-0.39, 0.29) is 0 Å². The Balaban J connectivity index is 2.42. The maximum Gasteiger partial charge on any atom is 0.150 e. The zero-order valence-electron chi connectivity index (χ0n) is 9.87. The first-order chi connectivity index (χ1) is 8.36. The quantitative estimate of drug-likeness (QED) is 0.424. The van der Waals surface area contributed by atoms with Crippen molar-refractivity contribution >= 4 is 6.29 Å². The molecule has 0 aliphatic carbocycles. The summed E-state index contributed by atoms with van der Waals surface area (Å²) in [5.74, 6) is 0.822. The van der Waals surface area contributed by atoms with Gasteiger partial charge in [-0.05, 0) is 25.1 Å². The molecule has 0 atom stereocenters. The standard InChI is InChI=1S/C15H16O2/c1-2-3-8-14(13-16)9-7-12-17-15-10-5-4-6-11-15/h2-11,13H,12H2,1H3/b3-2-,9-7+,14-8+. The third kappa shape index (κ3) is 5.52. The van der Waals surface area contributed by atoms with E-state index in [9.17, 15) is 4.79 Å². The highest BCUT2D eigenvalue weighted by molar-refractivity contribution is 5.77. The second kappa shape index (κ2) is 8.11. The van der Waals surface area contributed by atoms with Crippen LogP contribution in [0.4, 0.5) is 0 Å². The molecular formula is C15H16O2. The minimum atomic E-state index is 0.449. The number of ether oxygens (including phenoxy) is 1. The lowest BCUT2D eigenvalue weighted by Gasteiger charge is -2.01. The largest absolute Gasteiger partial charge is 0.490 e. The van der Waals surface area contributed by atoms with Crippen molar-refractivity contribution in [1.29, 1.82) is 0 Å². The van der Waals surface area contributed by atoms with Crippen molar-refractivity contribution in [2.45, 2.75) is 6.92 Å². The fraction of sp³-hybridized carbons (Fsp3) is 0.133. The van der Waals surface area contributed by atoms with Gasteiger partial charge >= 0.3 is 0 Å². The number of carbonyl (C=O) groups is 1. The van der Waals surface area contributed by atoms with Crippen LogP contribution in [0.2, 0.25) is 0 Å². The second-order valence-electron chi connectivity index (χ2n) is 3.34. The topological polar surface area (TPSA) is 26.3 Å². The van der Waals surface area contributed by atoms with Crippen molar-refractivity contribution in [2.24, 2.45) is 0 Å². The van der Waals surface area contributed by atoms with E-state index in [1.54, 1.807) is 12.2 Å². The third-order valence-electron chi connectivity index (χ3n) is 2.02. The Labute approximate surface area is 102 Å². The smallest absolute Gasteiger partial charge is 0.150 e. The van der Waals surface area contributed by atoms with Crippen molar-refractivity contribution in [2.75, 3.05) is 6.61 Å². The molecule has 2 heteroatoms. The van der Waals surface area contributed by atoms with Gasteiger partial charge in [0.2, 0.25) is 0 Å². The Bertz CT molecular complexity index is 414. The Kier molecular flexibility index (Phi) is 6.19. The van der Waals surface area contributed by atoms with E-state index in [0.717, 1.165) is 12.0 Å². The molecular weight excluding hydrogens is 212 g/mol. The number of para-hydroxylation sites is 1. The first-order valence-corrected chi connectivity index (χ1v) is 5.49. The minimum Gasteiger partial charge on any atom is -0.490 e. The zero-order chi connectivity index (χ0) is 12.3. The predicted molar refractivity (Wildman–Crippen MR) is 70.0 cm³/mol. The van der Waals surface area contributed by atoms with Gasteiger partial charge in [0.05, 0.1) is 0 Å². The molecule has 0 fully saturated rings. The molecule has 0 N–H and O–H groups in total. The lowest BCUT2D eigenvalue weighted by molar-refractivity contribution is -0.104. The number of allylic oxidation sites excluding steroid dienone is 5. The van der Waals surface area contributed by atoms with Crippen LogP contribution in [0.5, 0.6) is 5.75 Å². The van der Waals surface area contributed by atoms with Gasteiger partial charge in [0, 0.05) is 5.57 Å². The Morgan fingerprint density at radius 1 is 1.29 bits per heavy atom. The van der Waals surface area contributed by atoms with Gasteiger partial charge in [-0.25, -0.2) is 0 Å². The molecule has 0 unspecified atom stereocenters. The average Bonchev–Trinajstić information content (AvgIpc) is 2.39. The first kappa shape index (κ1) is 13.0. The van der Waals surface area contributed by atoms with Crippen LogP contribution in [0, 0.1) is 0 Å². The zero-order valence-corrected chi connectivity index (χ0v) is 9.87.